The van der Waals surface area contributed by atoms with E-state index in [1.165, 1.54) is 5.56 Å². The van der Waals surface area contributed by atoms with Crippen LogP contribution in [0, 0.1) is 16.4 Å². The molecule has 1 heterocycles. The highest BCUT2D eigenvalue weighted by Crippen LogP contribution is 2.29. The third kappa shape index (κ3) is 2.14. The third-order valence-corrected chi connectivity index (χ3v) is 3.75. The summed E-state index contributed by atoms with van der Waals surface area (Å²) in [6.07, 6.45) is 2.46. The molecule has 0 radical (unpaired) electrons. The Hall–Kier alpha value is -0.840. The fourth-order valence-corrected chi connectivity index (χ4v) is 2.92. The molecule has 2 nitrogen and oxygen atoms in total. The average Bonchev–Trinajstić information content (AvgIpc) is 2.60. The summed E-state index contributed by atoms with van der Waals surface area (Å²) in [5, 5.41) is 0. The van der Waals surface area contributed by atoms with E-state index in [4.69, 9.17) is 0 Å². The molecule has 0 N–H and O–H groups in total. The zero-order chi connectivity index (χ0) is 11.7. The molecule has 1 aromatic rings. The van der Waals surface area contributed by atoms with Gasteiger partial charge in [0, 0.05) is 22.5 Å². The van der Waals surface area contributed by atoms with Gasteiger partial charge < -0.3 is 4.90 Å². The Morgan fingerprint density at radius 1 is 1.56 bits per heavy atom. The topological polar surface area (TPSA) is 20.3 Å². The number of rotatable bonds is 2. The van der Waals surface area contributed by atoms with Gasteiger partial charge in [0.05, 0.1) is 5.69 Å². The summed E-state index contributed by atoms with van der Waals surface area (Å²) in [4.78, 5) is 13.7. The minimum atomic E-state index is 0.201. The Morgan fingerprint density at radius 3 is 2.88 bits per heavy atom. The Kier molecular flexibility index (Phi) is 3.33. The third-order valence-electron chi connectivity index (χ3n) is 2.88. The molecule has 1 aliphatic rings. The molecule has 1 fully saturated rings. The summed E-state index contributed by atoms with van der Waals surface area (Å²) in [6, 6.07) is 6.18. The highest BCUT2D eigenvalue weighted by atomic mass is 127. The number of hydrogen-bond acceptors (Lipinski definition) is 1. The van der Waals surface area contributed by atoms with Crippen molar-refractivity contribution in [3.05, 3.63) is 40.0 Å². The van der Waals surface area contributed by atoms with Crippen LogP contribution in [0.25, 0.3) is 0 Å². The van der Waals surface area contributed by atoms with E-state index >= 15 is 0 Å². The molecule has 0 saturated carbocycles. The fraction of sp³-hybridized carbons (Fsp3) is 0.308. The van der Waals surface area contributed by atoms with Crippen LogP contribution >= 0.6 is 22.6 Å². The first-order valence-electron chi connectivity index (χ1n) is 5.31. The lowest BCUT2D eigenvalue weighted by Crippen LogP contribution is -2.25. The highest BCUT2D eigenvalue weighted by molar-refractivity contribution is 14.1. The molecule has 0 spiro atoms. The van der Waals surface area contributed by atoms with Crippen molar-refractivity contribution in [2.24, 2.45) is 5.92 Å². The number of carbonyl (C=O) groups is 1. The molecule has 1 unspecified atom stereocenters. The number of hydrogen-bond donors (Lipinski definition) is 0. The molecule has 0 aliphatic carbocycles. The molecule has 0 aromatic heterocycles. The van der Waals surface area contributed by atoms with Gasteiger partial charge in [-0.3, -0.25) is 4.79 Å². The monoisotopic (exact) mass is 327 g/mol. The first kappa shape index (κ1) is 11.6. The van der Waals surface area contributed by atoms with Gasteiger partial charge >= 0.3 is 0 Å². The number of amides is 1. The first-order chi connectivity index (χ1) is 7.61. The number of halogens is 1. The molecular weight excluding hydrogens is 313 g/mol. The van der Waals surface area contributed by atoms with Crippen LogP contribution in [0.3, 0.4) is 0 Å². The van der Waals surface area contributed by atoms with Gasteiger partial charge in [0.2, 0.25) is 5.91 Å². The maximum Gasteiger partial charge on any atom is 0.227 e. The summed E-state index contributed by atoms with van der Waals surface area (Å²) in [5.74, 6) is 0.497. The zero-order valence-corrected chi connectivity index (χ0v) is 11.4. The normalized spacial score (nSPS) is 20.2. The van der Waals surface area contributed by atoms with Crippen LogP contribution in [-0.2, 0) is 4.79 Å². The Morgan fingerprint density at radius 2 is 2.31 bits per heavy atom. The lowest BCUT2D eigenvalue weighted by Gasteiger charge is -2.18. The summed E-state index contributed by atoms with van der Waals surface area (Å²) >= 11 is 2.29. The van der Waals surface area contributed by atoms with Crippen molar-refractivity contribution >= 4 is 34.2 Å². The molecule has 1 amide bonds. The van der Waals surface area contributed by atoms with E-state index in [1.807, 2.05) is 23.1 Å². The van der Waals surface area contributed by atoms with Crippen molar-refractivity contribution in [2.45, 2.75) is 13.3 Å². The van der Waals surface area contributed by atoms with Crippen LogP contribution in [0.1, 0.15) is 12.0 Å². The van der Waals surface area contributed by atoms with Crippen molar-refractivity contribution in [3.8, 4) is 0 Å². The molecule has 3 heteroatoms. The largest absolute Gasteiger partial charge is 0.311 e. The van der Waals surface area contributed by atoms with E-state index in [1.54, 1.807) is 0 Å². The average molecular weight is 327 g/mol. The molecule has 84 valence electrons. The van der Waals surface area contributed by atoms with Crippen LogP contribution in [0.15, 0.2) is 30.9 Å². The predicted molar refractivity (Wildman–Crippen MR) is 74.6 cm³/mol. The molecule has 1 aliphatic heterocycles. The Bertz CT molecular complexity index is 442. The second-order valence-electron chi connectivity index (χ2n) is 4.16. The van der Waals surface area contributed by atoms with E-state index in [-0.39, 0.29) is 5.91 Å². The number of carbonyl (C=O) groups excluding carboxylic acids is 1. The summed E-state index contributed by atoms with van der Waals surface area (Å²) in [5.41, 5.74) is 2.25. The van der Waals surface area contributed by atoms with Gasteiger partial charge in [-0.2, -0.15) is 0 Å². The van der Waals surface area contributed by atoms with Crippen LogP contribution in [0.2, 0.25) is 0 Å². The minimum absolute atomic E-state index is 0.201. The molecule has 2 rings (SSSR count). The van der Waals surface area contributed by atoms with Crippen molar-refractivity contribution in [1.82, 2.24) is 0 Å². The van der Waals surface area contributed by atoms with Gasteiger partial charge in [0.25, 0.3) is 0 Å². The van der Waals surface area contributed by atoms with Gasteiger partial charge in [-0.1, -0.05) is 12.1 Å². The standard InChI is InChI=1S/C13H14INO/c1-3-10-7-13(16)15(8-10)12-5-4-9(2)6-11(12)14/h3-6,10H,1,7-8H2,2H3. The summed E-state index contributed by atoms with van der Waals surface area (Å²) in [6.45, 7) is 6.59. The smallest absolute Gasteiger partial charge is 0.227 e. The first-order valence-corrected chi connectivity index (χ1v) is 6.38. The fourth-order valence-electron chi connectivity index (χ4n) is 1.96. The summed E-state index contributed by atoms with van der Waals surface area (Å²) in [7, 11) is 0. The van der Waals surface area contributed by atoms with Gasteiger partial charge in [-0.05, 0) is 47.2 Å². The van der Waals surface area contributed by atoms with Crippen molar-refractivity contribution < 1.29 is 4.79 Å². The van der Waals surface area contributed by atoms with E-state index in [0.717, 1.165) is 15.8 Å². The lowest BCUT2D eigenvalue weighted by molar-refractivity contribution is -0.117. The van der Waals surface area contributed by atoms with Crippen molar-refractivity contribution in [1.29, 1.82) is 0 Å². The van der Waals surface area contributed by atoms with E-state index < -0.39 is 0 Å². The number of nitrogens with zero attached hydrogens (tertiary/aromatic N) is 1. The van der Waals surface area contributed by atoms with Crippen LogP contribution < -0.4 is 4.90 Å². The number of benzene rings is 1. The Balaban J connectivity index is 2.31. The predicted octanol–water partition coefficient (Wildman–Crippen LogP) is 3.14. The molecule has 1 aromatic carbocycles. The lowest BCUT2D eigenvalue weighted by atomic mass is 10.1. The van der Waals surface area contributed by atoms with Crippen LogP contribution in [0.5, 0.6) is 0 Å². The van der Waals surface area contributed by atoms with Gasteiger partial charge in [-0.15, -0.1) is 6.58 Å². The van der Waals surface area contributed by atoms with E-state index in [2.05, 4.69) is 42.2 Å². The molecule has 0 bridgehead atoms. The second kappa shape index (κ2) is 4.57. The Labute approximate surface area is 109 Å². The maximum absolute atomic E-state index is 11.9. The maximum atomic E-state index is 11.9. The minimum Gasteiger partial charge on any atom is -0.311 e. The van der Waals surface area contributed by atoms with Crippen LogP contribution in [-0.4, -0.2) is 12.5 Å². The van der Waals surface area contributed by atoms with E-state index in [9.17, 15) is 4.79 Å². The van der Waals surface area contributed by atoms with Gasteiger partial charge in [-0.25, -0.2) is 0 Å². The molecular formula is C13H14INO. The molecule has 16 heavy (non-hydrogen) atoms. The van der Waals surface area contributed by atoms with Crippen LogP contribution in [0.4, 0.5) is 5.69 Å². The van der Waals surface area contributed by atoms with Gasteiger partial charge in [0.15, 0.2) is 0 Å². The quantitative estimate of drug-likeness (QED) is 0.604. The molecule has 1 atom stereocenters. The van der Waals surface area contributed by atoms with Crippen molar-refractivity contribution in [2.75, 3.05) is 11.4 Å². The SMILES string of the molecule is C=CC1CC(=O)N(c2ccc(C)cc2I)C1. The zero-order valence-electron chi connectivity index (χ0n) is 9.24. The number of anilines is 1. The van der Waals surface area contributed by atoms with Gasteiger partial charge in [0.1, 0.15) is 0 Å². The number of aryl methyl sites for hydroxylation is 1. The highest BCUT2D eigenvalue weighted by Gasteiger charge is 2.29. The van der Waals surface area contributed by atoms with Crippen molar-refractivity contribution in [3.63, 3.8) is 0 Å². The van der Waals surface area contributed by atoms with E-state index in [0.29, 0.717) is 12.3 Å². The molecule has 1 saturated heterocycles. The summed E-state index contributed by atoms with van der Waals surface area (Å²) < 4.78 is 1.13. The second-order valence-corrected chi connectivity index (χ2v) is 5.32.